The SMILES string of the molecule is [2H]c1cc(-c2cc[c]([Ge]([CH3])([CH3])[CH3])cc2)cc(C([2H])([2H])[2H])c1-c1cc(-c2ccccc2C)[n+](C)cc1C([2H])([2H])[2H]. The summed E-state index contributed by atoms with van der Waals surface area (Å²) in [6.45, 7) is -3.10. The molecular formula is C30H34GeN+. The molecule has 0 N–H and O–H groups in total. The van der Waals surface area contributed by atoms with Gasteiger partial charge in [-0.3, -0.25) is 0 Å². The Balaban J connectivity index is 2.02. The van der Waals surface area contributed by atoms with Crippen molar-refractivity contribution in [2.45, 2.75) is 37.9 Å². The molecule has 162 valence electrons. The molecule has 0 atom stereocenters. The second-order valence-corrected chi connectivity index (χ2v) is 20.1. The van der Waals surface area contributed by atoms with Crippen LogP contribution < -0.4 is 8.96 Å². The van der Waals surface area contributed by atoms with E-state index in [1.807, 2.05) is 43.3 Å². The van der Waals surface area contributed by atoms with Crippen molar-refractivity contribution < 1.29 is 14.2 Å². The van der Waals surface area contributed by atoms with E-state index in [2.05, 4.69) is 29.4 Å². The van der Waals surface area contributed by atoms with Crippen LogP contribution in [0.1, 0.15) is 26.3 Å². The predicted molar refractivity (Wildman–Crippen MR) is 141 cm³/mol. The van der Waals surface area contributed by atoms with E-state index in [1.165, 1.54) is 10.6 Å². The molecule has 0 aliphatic carbocycles. The van der Waals surface area contributed by atoms with E-state index in [9.17, 15) is 0 Å². The summed E-state index contributed by atoms with van der Waals surface area (Å²) >= 11 is -2.03. The second-order valence-electron chi connectivity index (χ2n) is 9.42. The third kappa shape index (κ3) is 4.45. The van der Waals surface area contributed by atoms with Crippen LogP contribution in [0.4, 0.5) is 0 Å². The Morgan fingerprint density at radius 3 is 2.12 bits per heavy atom. The summed E-state index contributed by atoms with van der Waals surface area (Å²) in [5.74, 6) is 6.93. The van der Waals surface area contributed by atoms with Gasteiger partial charge in [-0.2, -0.15) is 0 Å². The first-order valence-electron chi connectivity index (χ1n) is 14.3. The Morgan fingerprint density at radius 1 is 0.750 bits per heavy atom. The number of hydrogen-bond donors (Lipinski definition) is 0. The van der Waals surface area contributed by atoms with E-state index >= 15 is 0 Å². The molecular weight excluding hydrogens is 447 g/mol. The molecule has 1 nitrogen and oxygen atoms in total. The van der Waals surface area contributed by atoms with Gasteiger partial charge < -0.3 is 0 Å². The molecule has 0 radical (unpaired) electrons. The molecule has 0 unspecified atom stereocenters. The molecule has 0 fully saturated rings. The topological polar surface area (TPSA) is 3.88 Å². The standard InChI is InChI=1S/C30H34GeN/c1-21-10-8-9-11-28(21)30-19-29(23(3)20-32(30)7)27-17-14-25(18-22(27)2)24-12-15-26(16-13-24)31(4,5)6/h8-20H,1-7H3/q+1/i2D3,3D3,17D. The molecule has 32 heavy (non-hydrogen) atoms. The van der Waals surface area contributed by atoms with Gasteiger partial charge in [0.2, 0.25) is 0 Å². The zero-order valence-corrected chi connectivity index (χ0v) is 21.5. The molecule has 0 saturated carbocycles. The average molecular weight is 488 g/mol. The maximum atomic E-state index is 9.00. The summed E-state index contributed by atoms with van der Waals surface area (Å²) in [7, 11) is 1.78. The van der Waals surface area contributed by atoms with Crippen LogP contribution in [0.25, 0.3) is 33.5 Å². The first kappa shape index (κ1) is 15.2. The Hall–Kier alpha value is -2.65. The zero-order valence-electron chi connectivity index (χ0n) is 26.4. The Bertz CT molecular complexity index is 1530. The number of aryl methyl sites for hydroxylation is 4. The normalized spacial score (nSPS) is 15.6. The predicted octanol–water partition coefficient (Wildman–Crippen LogP) is 6.98. The zero-order chi connectivity index (χ0) is 28.9. The molecule has 0 amide bonds. The van der Waals surface area contributed by atoms with Crippen LogP contribution in [-0.2, 0) is 7.05 Å². The summed E-state index contributed by atoms with van der Waals surface area (Å²) < 4.78 is 61.9. The van der Waals surface area contributed by atoms with Crippen LogP contribution in [0, 0.1) is 20.6 Å². The van der Waals surface area contributed by atoms with Crippen LogP contribution in [0.3, 0.4) is 0 Å². The van der Waals surface area contributed by atoms with E-state index in [4.69, 9.17) is 9.60 Å². The van der Waals surface area contributed by atoms with E-state index in [0.29, 0.717) is 5.56 Å². The first-order valence-corrected chi connectivity index (χ1v) is 18.2. The van der Waals surface area contributed by atoms with Gasteiger partial charge in [-0.1, -0.05) is 18.2 Å². The monoisotopic (exact) mass is 489 g/mol. The molecule has 4 aromatic rings. The summed E-state index contributed by atoms with van der Waals surface area (Å²) in [6, 6.07) is 20.9. The second kappa shape index (κ2) is 8.71. The minimum atomic E-state index is -2.56. The fourth-order valence-corrected chi connectivity index (χ4v) is 6.48. The molecule has 2 heteroatoms. The molecule has 4 rings (SSSR count). The molecule has 3 aromatic carbocycles. The number of hydrogen-bond acceptors (Lipinski definition) is 0. The van der Waals surface area contributed by atoms with Crippen molar-refractivity contribution in [2.24, 2.45) is 7.05 Å². The summed E-state index contributed by atoms with van der Waals surface area (Å²) in [5.41, 5.74) is 4.44. The van der Waals surface area contributed by atoms with Gasteiger partial charge in [0.05, 0.1) is 0 Å². The fraction of sp³-hybridized carbons (Fsp3) is 0.233. The average Bonchev–Trinajstić information content (AvgIpc) is 2.82. The number of nitrogens with zero attached hydrogens (tertiary/aromatic N) is 1. The number of aromatic nitrogens is 1. The molecule has 1 aromatic heterocycles. The van der Waals surface area contributed by atoms with Crippen molar-refractivity contribution in [3.8, 4) is 33.5 Å². The van der Waals surface area contributed by atoms with Crippen molar-refractivity contribution in [3.05, 3.63) is 95.7 Å². The maximum absolute atomic E-state index is 9.00. The van der Waals surface area contributed by atoms with E-state index in [-0.39, 0.29) is 28.3 Å². The Morgan fingerprint density at radius 2 is 1.47 bits per heavy atom. The van der Waals surface area contributed by atoms with Crippen molar-refractivity contribution in [1.29, 1.82) is 0 Å². The van der Waals surface area contributed by atoms with Crippen molar-refractivity contribution in [3.63, 3.8) is 0 Å². The quantitative estimate of drug-likeness (QED) is 0.216. The summed E-state index contributed by atoms with van der Waals surface area (Å²) in [6.07, 6.45) is 1.54. The number of pyridine rings is 1. The first-order chi connectivity index (χ1) is 18.0. The van der Waals surface area contributed by atoms with Crippen LogP contribution >= 0.6 is 0 Å². The number of rotatable bonds is 4. The van der Waals surface area contributed by atoms with Crippen molar-refractivity contribution in [2.75, 3.05) is 0 Å². The van der Waals surface area contributed by atoms with Gasteiger partial charge in [0, 0.05) is 0 Å². The Labute approximate surface area is 206 Å². The van der Waals surface area contributed by atoms with E-state index in [0.717, 1.165) is 22.4 Å². The van der Waals surface area contributed by atoms with Gasteiger partial charge >= 0.3 is 162 Å². The molecule has 0 spiro atoms. The summed E-state index contributed by atoms with van der Waals surface area (Å²) in [4.78, 5) is 0. The van der Waals surface area contributed by atoms with Crippen molar-refractivity contribution in [1.82, 2.24) is 0 Å². The third-order valence-corrected chi connectivity index (χ3v) is 10.3. The van der Waals surface area contributed by atoms with E-state index < -0.39 is 27.0 Å². The van der Waals surface area contributed by atoms with Crippen LogP contribution in [0.15, 0.2) is 79.0 Å². The van der Waals surface area contributed by atoms with Gasteiger partial charge in [-0.05, 0) is 18.6 Å². The van der Waals surface area contributed by atoms with Gasteiger partial charge in [-0.15, -0.1) is 0 Å². The molecule has 0 saturated heterocycles. The summed E-state index contributed by atoms with van der Waals surface area (Å²) in [5, 5.41) is 0. The van der Waals surface area contributed by atoms with E-state index in [1.54, 1.807) is 29.8 Å². The number of benzene rings is 3. The molecule has 0 bridgehead atoms. The molecule has 1 heterocycles. The molecule has 0 aliphatic rings. The van der Waals surface area contributed by atoms with Crippen LogP contribution in [0.5, 0.6) is 0 Å². The van der Waals surface area contributed by atoms with Crippen LogP contribution in [0.2, 0.25) is 17.3 Å². The third-order valence-electron chi connectivity index (χ3n) is 5.99. The van der Waals surface area contributed by atoms with Crippen molar-refractivity contribution >= 4 is 17.7 Å². The van der Waals surface area contributed by atoms with Crippen LogP contribution in [-0.4, -0.2) is 13.3 Å². The Kier molecular flexibility index (Phi) is 4.15. The minimum absolute atomic E-state index is 0.00954. The van der Waals surface area contributed by atoms with Gasteiger partial charge in [0.25, 0.3) is 0 Å². The molecule has 0 aliphatic heterocycles. The van der Waals surface area contributed by atoms with Gasteiger partial charge in [-0.25, -0.2) is 0 Å². The van der Waals surface area contributed by atoms with Gasteiger partial charge in [0.15, 0.2) is 0 Å². The fourth-order valence-electron chi connectivity index (χ4n) is 4.03. The van der Waals surface area contributed by atoms with Gasteiger partial charge in [0.1, 0.15) is 7.05 Å².